The Morgan fingerprint density at radius 1 is 1.40 bits per heavy atom. The van der Waals surface area contributed by atoms with Crippen molar-refractivity contribution in [2.75, 3.05) is 11.1 Å². The molecule has 8 heteroatoms. The first-order chi connectivity index (χ1) is 8.99. The van der Waals surface area contributed by atoms with Gasteiger partial charge in [0.05, 0.1) is 16.3 Å². The minimum absolute atomic E-state index is 0.0989. The van der Waals surface area contributed by atoms with Crippen LogP contribution < -0.4 is 10.5 Å². The third-order valence-corrected chi connectivity index (χ3v) is 4.36. The fourth-order valence-electron chi connectivity index (χ4n) is 1.25. The monoisotopic (exact) mass is 320 g/mol. The van der Waals surface area contributed by atoms with E-state index >= 15 is 0 Å². The molecule has 1 aromatic carbocycles. The zero-order valence-electron chi connectivity index (χ0n) is 11.4. The molecule has 112 valence electrons. The van der Waals surface area contributed by atoms with E-state index in [2.05, 4.69) is 5.32 Å². The summed E-state index contributed by atoms with van der Waals surface area (Å²) in [4.78, 5) is 11.4. The Kier molecular flexibility index (Phi) is 5.17. The second kappa shape index (κ2) is 6.11. The number of carbonyl (C=O) groups excluding carboxylic acids is 1. The number of nitrogens with one attached hydrogen (secondary N) is 1. The molecule has 1 amide bonds. The van der Waals surface area contributed by atoms with Crippen LogP contribution in [-0.2, 0) is 14.8 Å². The largest absolute Gasteiger partial charge is 0.323 e. The van der Waals surface area contributed by atoms with Gasteiger partial charge >= 0.3 is 0 Å². The predicted molar refractivity (Wildman–Crippen MR) is 78.6 cm³/mol. The molecule has 0 bridgehead atoms. The van der Waals surface area contributed by atoms with Crippen molar-refractivity contribution in [1.29, 1.82) is 0 Å². The summed E-state index contributed by atoms with van der Waals surface area (Å²) in [6, 6.07) is 3.00. The summed E-state index contributed by atoms with van der Waals surface area (Å²) in [6.45, 7) is 5.85. The average Bonchev–Trinajstić information content (AvgIpc) is 2.27. The Bertz CT molecular complexity index is 610. The van der Waals surface area contributed by atoms with E-state index in [1.54, 1.807) is 0 Å². The van der Waals surface area contributed by atoms with Crippen molar-refractivity contribution in [2.45, 2.75) is 30.4 Å². The first kappa shape index (κ1) is 16.9. The first-order valence-corrected chi connectivity index (χ1v) is 8.28. The van der Waals surface area contributed by atoms with Gasteiger partial charge in [-0.1, -0.05) is 20.8 Å². The first-order valence-electron chi connectivity index (χ1n) is 5.75. The van der Waals surface area contributed by atoms with E-state index in [9.17, 15) is 17.6 Å². The molecule has 0 fully saturated rings. The molecule has 5 nitrogen and oxygen atoms in total. The highest BCUT2D eigenvalue weighted by atomic mass is 32.2. The highest BCUT2D eigenvalue weighted by Crippen LogP contribution is 2.24. The highest BCUT2D eigenvalue weighted by molar-refractivity contribution is 8.01. The zero-order chi connectivity index (χ0) is 15.6. The number of primary sulfonamides is 1. The molecule has 0 spiro atoms. The Morgan fingerprint density at radius 2 is 2.00 bits per heavy atom. The summed E-state index contributed by atoms with van der Waals surface area (Å²) in [6.07, 6.45) is 0. The molecule has 0 saturated carbocycles. The van der Waals surface area contributed by atoms with Crippen molar-refractivity contribution in [1.82, 2.24) is 0 Å². The number of hydrogen-bond donors (Lipinski definition) is 2. The quantitative estimate of drug-likeness (QED) is 0.887. The third kappa shape index (κ3) is 5.48. The molecule has 0 aliphatic heterocycles. The van der Waals surface area contributed by atoms with Crippen molar-refractivity contribution in [3.8, 4) is 0 Å². The standard InChI is InChI=1S/C12H17FN2O3S2/c1-12(2,3)19-7-11(16)15-10-6-8(20(14,17)18)4-5-9(10)13/h4-6H,7H2,1-3H3,(H,15,16)(H2,14,17,18). The van der Waals surface area contributed by atoms with Crippen molar-refractivity contribution < 1.29 is 17.6 Å². The second-order valence-corrected chi connectivity index (χ2v) is 8.50. The second-order valence-electron chi connectivity index (χ2n) is 5.14. The molecule has 0 heterocycles. The van der Waals surface area contributed by atoms with Gasteiger partial charge in [0.15, 0.2) is 0 Å². The fraction of sp³-hybridized carbons (Fsp3) is 0.417. The molecule has 0 unspecified atom stereocenters. The van der Waals surface area contributed by atoms with Crippen LogP contribution in [0.2, 0.25) is 0 Å². The number of amides is 1. The molecule has 3 N–H and O–H groups in total. The molecule has 0 aliphatic carbocycles. The summed E-state index contributed by atoms with van der Waals surface area (Å²) in [5.74, 6) is -0.982. The molecular formula is C12H17FN2O3S2. The molecule has 0 aromatic heterocycles. The summed E-state index contributed by atoms with van der Waals surface area (Å²) in [7, 11) is -3.94. The van der Waals surface area contributed by atoms with Gasteiger partial charge in [-0.05, 0) is 18.2 Å². The third-order valence-electron chi connectivity index (χ3n) is 2.18. The maximum atomic E-state index is 13.5. The number of sulfonamides is 1. The van der Waals surface area contributed by atoms with Gasteiger partial charge in [-0.3, -0.25) is 4.79 Å². The molecule has 0 saturated heterocycles. The van der Waals surface area contributed by atoms with Crippen molar-refractivity contribution in [3.05, 3.63) is 24.0 Å². The van der Waals surface area contributed by atoms with Crippen LogP contribution in [0.4, 0.5) is 10.1 Å². The minimum Gasteiger partial charge on any atom is -0.323 e. The van der Waals surface area contributed by atoms with Gasteiger partial charge in [-0.15, -0.1) is 11.8 Å². The van der Waals surface area contributed by atoms with Gasteiger partial charge in [-0.25, -0.2) is 17.9 Å². The topological polar surface area (TPSA) is 89.3 Å². The Hall–Kier alpha value is -1.12. The van der Waals surface area contributed by atoms with Crippen LogP contribution in [0, 0.1) is 5.82 Å². The predicted octanol–water partition coefficient (Wildman–Crippen LogP) is 1.94. The highest BCUT2D eigenvalue weighted by Gasteiger charge is 2.16. The summed E-state index contributed by atoms with van der Waals surface area (Å²) < 4.78 is 35.8. The average molecular weight is 320 g/mol. The maximum Gasteiger partial charge on any atom is 0.238 e. The van der Waals surface area contributed by atoms with Crippen LogP contribution in [0.3, 0.4) is 0 Å². The lowest BCUT2D eigenvalue weighted by molar-refractivity contribution is -0.113. The lowest BCUT2D eigenvalue weighted by Crippen LogP contribution is -2.20. The molecule has 0 atom stereocenters. The summed E-state index contributed by atoms with van der Waals surface area (Å²) in [5, 5.41) is 7.30. The Labute approximate surface area is 122 Å². The van der Waals surface area contributed by atoms with Gasteiger partial charge < -0.3 is 5.32 Å². The van der Waals surface area contributed by atoms with E-state index in [1.807, 2.05) is 20.8 Å². The van der Waals surface area contributed by atoms with E-state index in [4.69, 9.17) is 5.14 Å². The normalized spacial score (nSPS) is 12.2. The number of halogens is 1. The van der Waals surface area contributed by atoms with Gasteiger partial charge in [0.25, 0.3) is 0 Å². The molecule has 1 aromatic rings. The minimum atomic E-state index is -3.94. The number of anilines is 1. The van der Waals surface area contributed by atoms with Crippen molar-refractivity contribution in [2.24, 2.45) is 5.14 Å². The number of carbonyl (C=O) groups is 1. The molecule has 0 aliphatic rings. The molecular weight excluding hydrogens is 303 g/mol. The maximum absolute atomic E-state index is 13.5. The molecule has 0 radical (unpaired) electrons. The lowest BCUT2D eigenvalue weighted by atomic mass is 10.3. The van der Waals surface area contributed by atoms with Crippen LogP contribution in [0.25, 0.3) is 0 Å². The fourth-order valence-corrected chi connectivity index (χ4v) is 2.42. The van der Waals surface area contributed by atoms with Crippen LogP contribution in [-0.4, -0.2) is 24.8 Å². The van der Waals surface area contributed by atoms with E-state index in [-0.39, 0.29) is 21.1 Å². The smallest absolute Gasteiger partial charge is 0.238 e. The van der Waals surface area contributed by atoms with Crippen molar-refractivity contribution in [3.63, 3.8) is 0 Å². The van der Waals surface area contributed by atoms with Crippen LogP contribution in [0.5, 0.6) is 0 Å². The van der Waals surface area contributed by atoms with E-state index in [0.717, 1.165) is 18.2 Å². The Balaban J connectivity index is 2.85. The van der Waals surface area contributed by atoms with E-state index in [0.29, 0.717) is 0 Å². The molecule has 20 heavy (non-hydrogen) atoms. The SMILES string of the molecule is CC(C)(C)SCC(=O)Nc1cc(S(N)(=O)=O)ccc1F. The number of rotatable bonds is 4. The van der Waals surface area contributed by atoms with Crippen LogP contribution >= 0.6 is 11.8 Å². The van der Waals surface area contributed by atoms with Crippen LogP contribution in [0.1, 0.15) is 20.8 Å². The summed E-state index contributed by atoms with van der Waals surface area (Å²) in [5.41, 5.74) is -0.198. The van der Waals surface area contributed by atoms with Crippen molar-refractivity contribution >= 4 is 33.4 Å². The number of hydrogen-bond acceptors (Lipinski definition) is 4. The van der Waals surface area contributed by atoms with Gasteiger partial charge in [0.1, 0.15) is 5.82 Å². The van der Waals surface area contributed by atoms with E-state index in [1.165, 1.54) is 11.8 Å². The number of benzene rings is 1. The number of thioether (sulfide) groups is 1. The zero-order valence-corrected chi connectivity index (χ0v) is 13.1. The van der Waals surface area contributed by atoms with Gasteiger partial charge in [-0.2, -0.15) is 0 Å². The Morgan fingerprint density at radius 3 is 2.50 bits per heavy atom. The van der Waals surface area contributed by atoms with Gasteiger partial charge in [0.2, 0.25) is 15.9 Å². The van der Waals surface area contributed by atoms with Gasteiger partial charge in [0, 0.05) is 4.75 Å². The summed E-state index contributed by atoms with van der Waals surface area (Å²) >= 11 is 1.40. The lowest BCUT2D eigenvalue weighted by Gasteiger charge is -2.17. The molecule has 1 rings (SSSR count). The van der Waals surface area contributed by atoms with E-state index < -0.39 is 21.7 Å². The number of nitrogens with two attached hydrogens (primary N) is 1. The van der Waals surface area contributed by atoms with Crippen LogP contribution in [0.15, 0.2) is 23.1 Å².